The molecule has 0 saturated carbocycles. The number of amides is 1. The molecule has 2 aliphatic rings. The second-order valence-corrected chi connectivity index (χ2v) is 5.35. The molecule has 0 aromatic heterocycles. The molecule has 2 saturated heterocycles. The average Bonchev–Trinajstić information content (AvgIpc) is 2.72. The first-order valence-electron chi connectivity index (χ1n) is 6.90. The van der Waals surface area contributed by atoms with Gasteiger partial charge >= 0.3 is 0 Å². The Kier molecular flexibility index (Phi) is 4.80. The number of aliphatic hydroxyl groups is 1. The lowest BCUT2D eigenvalue weighted by Gasteiger charge is -2.27. The van der Waals surface area contributed by atoms with E-state index < -0.39 is 0 Å². The maximum atomic E-state index is 11.6. The number of aliphatic hydroxyl groups excluding tert-OH is 1. The Morgan fingerprint density at radius 2 is 1.94 bits per heavy atom. The number of hydrogen-bond donors (Lipinski definition) is 1. The third kappa shape index (κ3) is 3.68. The minimum absolute atomic E-state index is 0.147. The summed E-state index contributed by atoms with van der Waals surface area (Å²) in [4.78, 5) is 16.1. The Morgan fingerprint density at radius 1 is 1.18 bits per heavy atom. The summed E-state index contributed by atoms with van der Waals surface area (Å²) in [5.41, 5.74) is 0. The predicted molar refractivity (Wildman–Crippen MR) is 66.7 cm³/mol. The summed E-state index contributed by atoms with van der Waals surface area (Å²) in [6.07, 6.45) is 5.65. The molecule has 17 heavy (non-hydrogen) atoms. The van der Waals surface area contributed by atoms with Gasteiger partial charge in [0.2, 0.25) is 5.91 Å². The van der Waals surface area contributed by atoms with Crippen molar-refractivity contribution in [2.24, 2.45) is 5.92 Å². The fourth-order valence-electron chi connectivity index (χ4n) is 2.86. The molecule has 0 radical (unpaired) electrons. The maximum absolute atomic E-state index is 11.6. The Hall–Kier alpha value is -0.610. The predicted octanol–water partition coefficient (Wildman–Crippen LogP) is 0.703. The van der Waals surface area contributed by atoms with Crippen LogP contribution in [0.15, 0.2) is 0 Å². The van der Waals surface area contributed by atoms with Crippen LogP contribution >= 0.6 is 0 Å². The van der Waals surface area contributed by atoms with Crippen molar-refractivity contribution in [1.29, 1.82) is 0 Å². The lowest BCUT2D eigenvalue weighted by Crippen LogP contribution is -2.34. The Balaban J connectivity index is 1.63. The molecule has 2 fully saturated rings. The standard InChI is InChI=1S/C13H24N2O2/c16-11-12-9-13(17)15(10-12)8-4-7-14-5-2-1-3-6-14/h12,16H,1-11H2. The molecule has 4 nitrogen and oxygen atoms in total. The molecule has 1 atom stereocenters. The highest BCUT2D eigenvalue weighted by atomic mass is 16.3. The van der Waals surface area contributed by atoms with Crippen molar-refractivity contribution < 1.29 is 9.90 Å². The van der Waals surface area contributed by atoms with E-state index in [4.69, 9.17) is 5.11 Å². The van der Waals surface area contributed by atoms with Crippen molar-refractivity contribution in [3.63, 3.8) is 0 Å². The number of piperidine rings is 1. The van der Waals surface area contributed by atoms with E-state index in [1.165, 1.54) is 32.4 Å². The lowest BCUT2D eigenvalue weighted by molar-refractivity contribution is -0.127. The monoisotopic (exact) mass is 240 g/mol. The van der Waals surface area contributed by atoms with Crippen LogP contribution < -0.4 is 0 Å². The number of rotatable bonds is 5. The Morgan fingerprint density at radius 3 is 2.59 bits per heavy atom. The van der Waals surface area contributed by atoms with Crippen molar-refractivity contribution >= 4 is 5.91 Å². The number of likely N-dealkylation sites (tertiary alicyclic amines) is 2. The molecule has 1 amide bonds. The van der Waals surface area contributed by atoms with Gasteiger partial charge in [0, 0.05) is 32.0 Å². The van der Waals surface area contributed by atoms with Gasteiger partial charge in [-0.05, 0) is 38.9 Å². The summed E-state index contributed by atoms with van der Waals surface area (Å²) >= 11 is 0. The molecule has 98 valence electrons. The van der Waals surface area contributed by atoms with Crippen LogP contribution in [0.4, 0.5) is 0 Å². The summed E-state index contributed by atoms with van der Waals surface area (Å²) < 4.78 is 0. The van der Waals surface area contributed by atoms with Crippen LogP contribution in [0.5, 0.6) is 0 Å². The highest BCUT2D eigenvalue weighted by Crippen LogP contribution is 2.17. The fraction of sp³-hybridized carbons (Fsp3) is 0.923. The zero-order valence-corrected chi connectivity index (χ0v) is 10.6. The molecular weight excluding hydrogens is 216 g/mol. The summed E-state index contributed by atoms with van der Waals surface area (Å²) in [5, 5.41) is 9.04. The van der Waals surface area contributed by atoms with Crippen LogP contribution in [-0.2, 0) is 4.79 Å². The van der Waals surface area contributed by atoms with E-state index in [0.717, 1.165) is 26.1 Å². The molecular formula is C13H24N2O2. The van der Waals surface area contributed by atoms with Gasteiger partial charge in [0.1, 0.15) is 0 Å². The van der Waals surface area contributed by atoms with Crippen LogP contribution in [0.2, 0.25) is 0 Å². The molecule has 0 aliphatic carbocycles. The lowest BCUT2D eigenvalue weighted by atomic mass is 10.1. The molecule has 1 N–H and O–H groups in total. The number of carbonyl (C=O) groups is 1. The zero-order valence-electron chi connectivity index (χ0n) is 10.6. The van der Waals surface area contributed by atoms with Gasteiger partial charge in [-0.2, -0.15) is 0 Å². The average molecular weight is 240 g/mol. The second kappa shape index (κ2) is 6.36. The topological polar surface area (TPSA) is 43.8 Å². The van der Waals surface area contributed by atoms with Gasteiger partial charge in [0.25, 0.3) is 0 Å². The molecule has 0 aromatic rings. The Bertz CT molecular complexity index is 252. The smallest absolute Gasteiger partial charge is 0.223 e. The van der Waals surface area contributed by atoms with Gasteiger partial charge in [-0.25, -0.2) is 0 Å². The van der Waals surface area contributed by atoms with Crippen LogP contribution in [0.25, 0.3) is 0 Å². The van der Waals surface area contributed by atoms with E-state index in [9.17, 15) is 4.79 Å². The number of carbonyl (C=O) groups excluding carboxylic acids is 1. The quantitative estimate of drug-likeness (QED) is 0.769. The van der Waals surface area contributed by atoms with Gasteiger partial charge in [-0.15, -0.1) is 0 Å². The summed E-state index contributed by atoms with van der Waals surface area (Å²) in [7, 11) is 0. The molecule has 2 aliphatic heterocycles. The number of hydrogen-bond acceptors (Lipinski definition) is 3. The van der Waals surface area contributed by atoms with E-state index in [1.807, 2.05) is 4.90 Å². The van der Waals surface area contributed by atoms with E-state index in [2.05, 4.69) is 4.90 Å². The summed E-state index contributed by atoms with van der Waals surface area (Å²) in [6, 6.07) is 0. The largest absolute Gasteiger partial charge is 0.396 e. The molecule has 1 unspecified atom stereocenters. The summed E-state index contributed by atoms with van der Waals surface area (Å²) in [5.74, 6) is 0.403. The minimum atomic E-state index is 0.147. The first kappa shape index (κ1) is 12.8. The van der Waals surface area contributed by atoms with Crippen molar-refractivity contribution in [2.45, 2.75) is 32.1 Å². The Labute approximate surface area is 104 Å². The van der Waals surface area contributed by atoms with Crippen molar-refractivity contribution in [3.8, 4) is 0 Å². The summed E-state index contributed by atoms with van der Waals surface area (Å²) in [6.45, 7) is 5.35. The van der Waals surface area contributed by atoms with Gasteiger partial charge in [-0.1, -0.05) is 6.42 Å². The third-order valence-electron chi connectivity index (χ3n) is 3.90. The van der Waals surface area contributed by atoms with Crippen LogP contribution in [0.3, 0.4) is 0 Å². The second-order valence-electron chi connectivity index (χ2n) is 5.35. The molecule has 0 spiro atoms. The van der Waals surface area contributed by atoms with Gasteiger partial charge in [0.05, 0.1) is 0 Å². The molecule has 2 heterocycles. The van der Waals surface area contributed by atoms with Gasteiger partial charge < -0.3 is 14.9 Å². The van der Waals surface area contributed by atoms with Gasteiger partial charge in [-0.3, -0.25) is 4.79 Å². The highest BCUT2D eigenvalue weighted by Gasteiger charge is 2.28. The van der Waals surface area contributed by atoms with Crippen molar-refractivity contribution in [3.05, 3.63) is 0 Å². The van der Waals surface area contributed by atoms with Crippen LogP contribution in [0, 0.1) is 5.92 Å². The molecule has 4 heteroatoms. The van der Waals surface area contributed by atoms with E-state index in [1.54, 1.807) is 0 Å². The zero-order chi connectivity index (χ0) is 12.1. The van der Waals surface area contributed by atoms with Crippen molar-refractivity contribution in [2.75, 3.05) is 39.3 Å². The van der Waals surface area contributed by atoms with E-state index >= 15 is 0 Å². The highest BCUT2D eigenvalue weighted by molar-refractivity contribution is 5.78. The SMILES string of the molecule is O=C1CC(CO)CN1CCCN1CCCCC1. The minimum Gasteiger partial charge on any atom is -0.396 e. The normalized spacial score (nSPS) is 26.8. The fourth-order valence-corrected chi connectivity index (χ4v) is 2.86. The van der Waals surface area contributed by atoms with Gasteiger partial charge in [0.15, 0.2) is 0 Å². The van der Waals surface area contributed by atoms with E-state index in [-0.39, 0.29) is 18.4 Å². The molecule has 0 aromatic carbocycles. The van der Waals surface area contributed by atoms with E-state index in [0.29, 0.717) is 6.42 Å². The number of nitrogens with zero attached hydrogens (tertiary/aromatic N) is 2. The third-order valence-corrected chi connectivity index (χ3v) is 3.90. The maximum Gasteiger partial charge on any atom is 0.223 e. The van der Waals surface area contributed by atoms with Crippen molar-refractivity contribution in [1.82, 2.24) is 9.80 Å². The first-order valence-corrected chi connectivity index (χ1v) is 6.90. The van der Waals surface area contributed by atoms with Crippen LogP contribution in [-0.4, -0.2) is 60.1 Å². The van der Waals surface area contributed by atoms with Crippen LogP contribution in [0.1, 0.15) is 32.1 Å². The molecule has 2 rings (SSSR count). The molecule has 0 bridgehead atoms. The first-order chi connectivity index (χ1) is 8.29.